The van der Waals surface area contributed by atoms with Crippen molar-refractivity contribution in [1.29, 1.82) is 5.26 Å². The maximum absolute atomic E-state index is 10.1. The van der Waals surface area contributed by atoms with Crippen LogP contribution in [0.3, 0.4) is 0 Å². The van der Waals surface area contributed by atoms with Crippen LogP contribution < -0.4 is 0 Å². The molecule has 0 unspecified atom stereocenters. The summed E-state index contributed by atoms with van der Waals surface area (Å²) in [6.07, 6.45) is -0.168. The standard InChI is InChI=1S/C7H9NO2/c1-5(2)6(4-8)3-7(9)10/h3H2,1-2H3,(H,9,10). The zero-order valence-electron chi connectivity index (χ0n) is 6.01. The highest BCUT2D eigenvalue weighted by Gasteiger charge is 2.03. The van der Waals surface area contributed by atoms with Gasteiger partial charge in [-0.15, -0.1) is 0 Å². The van der Waals surface area contributed by atoms with Gasteiger partial charge < -0.3 is 5.11 Å². The molecule has 0 aliphatic heterocycles. The van der Waals surface area contributed by atoms with E-state index in [2.05, 4.69) is 0 Å². The van der Waals surface area contributed by atoms with E-state index in [1.165, 1.54) is 0 Å². The number of rotatable bonds is 2. The zero-order chi connectivity index (χ0) is 8.15. The molecule has 0 amide bonds. The molecule has 0 radical (unpaired) electrons. The van der Waals surface area contributed by atoms with Crippen molar-refractivity contribution in [2.45, 2.75) is 20.3 Å². The molecule has 1 N–H and O–H groups in total. The molecule has 0 aliphatic rings. The van der Waals surface area contributed by atoms with Crippen molar-refractivity contribution >= 4 is 5.97 Å². The number of nitriles is 1. The highest BCUT2D eigenvalue weighted by Crippen LogP contribution is 2.05. The Kier molecular flexibility index (Phi) is 3.20. The van der Waals surface area contributed by atoms with Crippen LogP contribution in [0.1, 0.15) is 20.3 Å². The lowest BCUT2D eigenvalue weighted by atomic mass is 10.1. The fraction of sp³-hybridized carbons (Fsp3) is 0.429. The number of carboxylic acid groups (broad SMARTS) is 1. The molecule has 0 aliphatic carbocycles. The lowest BCUT2D eigenvalue weighted by molar-refractivity contribution is -0.136. The van der Waals surface area contributed by atoms with Gasteiger partial charge in [0.15, 0.2) is 0 Å². The second kappa shape index (κ2) is 3.67. The fourth-order valence-corrected chi connectivity index (χ4v) is 0.479. The second-order valence-corrected chi connectivity index (χ2v) is 2.16. The first kappa shape index (κ1) is 8.70. The van der Waals surface area contributed by atoms with Crippen LogP contribution in [-0.2, 0) is 4.79 Å². The molecule has 0 saturated heterocycles. The third-order valence-electron chi connectivity index (χ3n) is 1.07. The van der Waals surface area contributed by atoms with E-state index in [0.717, 1.165) is 5.57 Å². The van der Waals surface area contributed by atoms with Gasteiger partial charge in [-0.05, 0) is 13.8 Å². The molecule has 54 valence electrons. The molecular formula is C7H9NO2. The van der Waals surface area contributed by atoms with Gasteiger partial charge in [0, 0.05) is 5.57 Å². The third kappa shape index (κ3) is 2.88. The van der Waals surface area contributed by atoms with Crippen molar-refractivity contribution in [3.63, 3.8) is 0 Å². The normalized spacial score (nSPS) is 8.10. The largest absolute Gasteiger partial charge is 0.481 e. The maximum Gasteiger partial charge on any atom is 0.308 e. The van der Waals surface area contributed by atoms with Gasteiger partial charge in [0.25, 0.3) is 0 Å². The van der Waals surface area contributed by atoms with Crippen LogP contribution in [0, 0.1) is 11.3 Å². The van der Waals surface area contributed by atoms with Crippen LogP contribution in [0.4, 0.5) is 0 Å². The predicted molar refractivity (Wildman–Crippen MR) is 36.2 cm³/mol. The first-order valence-corrected chi connectivity index (χ1v) is 2.86. The summed E-state index contributed by atoms with van der Waals surface area (Å²) in [4.78, 5) is 10.1. The van der Waals surface area contributed by atoms with Gasteiger partial charge in [-0.2, -0.15) is 5.26 Å². The highest BCUT2D eigenvalue weighted by molar-refractivity contribution is 5.71. The van der Waals surface area contributed by atoms with Gasteiger partial charge >= 0.3 is 5.97 Å². The topological polar surface area (TPSA) is 61.1 Å². The van der Waals surface area contributed by atoms with Crippen LogP contribution in [0.2, 0.25) is 0 Å². The molecular weight excluding hydrogens is 130 g/mol. The molecule has 0 rings (SSSR count). The summed E-state index contributed by atoms with van der Waals surface area (Å²) in [5.74, 6) is -0.960. The van der Waals surface area contributed by atoms with E-state index in [1.54, 1.807) is 13.8 Å². The average molecular weight is 139 g/mol. The molecule has 0 aromatic rings. The van der Waals surface area contributed by atoms with Gasteiger partial charge in [-0.25, -0.2) is 0 Å². The summed E-state index contributed by atoms with van der Waals surface area (Å²) in [6.45, 7) is 3.45. The van der Waals surface area contributed by atoms with E-state index in [0.29, 0.717) is 5.57 Å². The Morgan fingerprint density at radius 3 is 2.20 bits per heavy atom. The average Bonchev–Trinajstić information content (AvgIpc) is 1.81. The Hall–Kier alpha value is -1.30. The zero-order valence-corrected chi connectivity index (χ0v) is 6.01. The molecule has 3 heteroatoms. The van der Waals surface area contributed by atoms with Crippen LogP contribution >= 0.6 is 0 Å². The van der Waals surface area contributed by atoms with E-state index in [-0.39, 0.29) is 6.42 Å². The Labute approximate surface area is 59.6 Å². The van der Waals surface area contributed by atoms with E-state index in [9.17, 15) is 4.79 Å². The molecule has 0 saturated carbocycles. The molecule has 3 nitrogen and oxygen atoms in total. The minimum Gasteiger partial charge on any atom is -0.481 e. The van der Waals surface area contributed by atoms with Crippen molar-refractivity contribution in [2.75, 3.05) is 0 Å². The number of hydrogen-bond donors (Lipinski definition) is 1. The summed E-state index contributed by atoms with van der Waals surface area (Å²) in [5, 5.41) is 16.7. The summed E-state index contributed by atoms with van der Waals surface area (Å²) >= 11 is 0. The molecule has 0 atom stereocenters. The highest BCUT2D eigenvalue weighted by atomic mass is 16.4. The first-order valence-electron chi connectivity index (χ1n) is 2.86. The Morgan fingerprint density at radius 2 is 2.10 bits per heavy atom. The van der Waals surface area contributed by atoms with Gasteiger partial charge in [-0.3, -0.25) is 4.79 Å². The first-order chi connectivity index (χ1) is 4.57. The SMILES string of the molecule is CC(C)=C(C#N)CC(=O)O. The number of carboxylic acids is 1. The smallest absolute Gasteiger partial charge is 0.308 e. The molecule has 0 heterocycles. The Balaban J connectivity index is 4.30. The van der Waals surface area contributed by atoms with Gasteiger partial charge in [0.2, 0.25) is 0 Å². The lowest BCUT2D eigenvalue weighted by Crippen LogP contribution is -1.96. The number of aliphatic carboxylic acids is 1. The van der Waals surface area contributed by atoms with Crippen LogP contribution in [0.5, 0.6) is 0 Å². The number of nitrogens with zero attached hydrogens (tertiary/aromatic N) is 1. The van der Waals surface area contributed by atoms with Crippen LogP contribution in [0.15, 0.2) is 11.1 Å². The minimum absolute atomic E-state index is 0.168. The number of allylic oxidation sites excluding steroid dienone is 1. The maximum atomic E-state index is 10.1. The Morgan fingerprint density at radius 1 is 1.60 bits per heavy atom. The summed E-state index contributed by atoms with van der Waals surface area (Å²) in [7, 11) is 0. The van der Waals surface area contributed by atoms with Crippen molar-refractivity contribution < 1.29 is 9.90 Å². The van der Waals surface area contributed by atoms with E-state index >= 15 is 0 Å². The number of hydrogen-bond acceptors (Lipinski definition) is 2. The fourth-order valence-electron chi connectivity index (χ4n) is 0.479. The molecule has 0 spiro atoms. The molecule has 0 fully saturated rings. The van der Waals surface area contributed by atoms with Crippen LogP contribution in [0.25, 0.3) is 0 Å². The monoisotopic (exact) mass is 139 g/mol. The van der Waals surface area contributed by atoms with Gasteiger partial charge in [0.1, 0.15) is 0 Å². The summed E-state index contributed by atoms with van der Waals surface area (Å²) < 4.78 is 0. The molecule has 0 aromatic heterocycles. The van der Waals surface area contributed by atoms with Crippen molar-refractivity contribution in [2.24, 2.45) is 0 Å². The summed E-state index contributed by atoms with van der Waals surface area (Å²) in [5.41, 5.74) is 1.11. The van der Waals surface area contributed by atoms with Gasteiger partial charge in [0.05, 0.1) is 12.5 Å². The van der Waals surface area contributed by atoms with Gasteiger partial charge in [-0.1, -0.05) is 5.57 Å². The van der Waals surface area contributed by atoms with Crippen molar-refractivity contribution in [1.82, 2.24) is 0 Å². The summed E-state index contributed by atoms with van der Waals surface area (Å²) in [6, 6.07) is 1.83. The second-order valence-electron chi connectivity index (χ2n) is 2.16. The van der Waals surface area contributed by atoms with E-state index < -0.39 is 5.97 Å². The predicted octanol–water partition coefficient (Wildman–Crippen LogP) is 1.32. The minimum atomic E-state index is -0.960. The van der Waals surface area contributed by atoms with Crippen LogP contribution in [-0.4, -0.2) is 11.1 Å². The molecule has 10 heavy (non-hydrogen) atoms. The van der Waals surface area contributed by atoms with Crippen molar-refractivity contribution in [3.8, 4) is 6.07 Å². The molecule has 0 aromatic carbocycles. The van der Waals surface area contributed by atoms with E-state index in [4.69, 9.17) is 10.4 Å². The quantitative estimate of drug-likeness (QED) is 0.587. The van der Waals surface area contributed by atoms with E-state index in [1.807, 2.05) is 6.07 Å². The lowest BCUT2D eigenvalue weighted by Gasteiger charge is -1.93. The Bertz CT molecular complexity index is 206. The van der Waals surface area contributed by atoms with Crippen molar-refractivity contribution in [3.05, 3.63) is 11.1 Å². The molecule has 0 bridgehead atoms. The third-order valence-corrected chi connectivity index (χ3v) is 1.07. The number of carbonyl (C=O) groups is 1.